The molecule has 0 amide bonds. The molecule has 0 aliphatic rings. The molecule has 0 atom stereocenters. The Morgan fingerprint density at radius 1 is 1.35 bits per heavy atom. The number of hydrogen-bond donors (Lipinski definition) is 1. The molecule has 86 valence electrons. The van der Waals surface area contributed by atoms with E-state index < -0.39 is 0 Å². The molecule has 2 aromatic rings. The van der Waals surface area contributed by atoms with Crippen molar-refractivity contribution in [2.24, 2.45) is 0 Å². The van der Waals surface area contributed by atoms with E-state index in [1.807, 2.05) is 6.07 Å². The van der Waals surface area contributed by atoms with Crippen molar-refractivity contribution in [1.29, 1.82) is 5.26 Å². The number of rotatable bonds is 3. The SMILES string of the molecule is N#CCc1nnc(Nc2cccc(Cl)c2Cl)o1. The van der Waals surface area contributed by atoms with Crippen molar-refractivity contribution in [2.45, 2.75) is 6.42 Å². The van der Waals surface area contributed by atoms with Crippen LogP contribution in [0.2, 0.25) is 10.0 Å². The summed E-state index contributed by atoms with van der Waals surface area (Å²) in [4.78, 5) is 0. The Kier molecular flexibility index (Phi) is 3.47. The molecule has 1 aromatic heterocycles. The summed E-state index contributed by atoms with van der Waals surface area (Å²) in [5.74, 6) is 0.244. The van der Waals surface area contributed by atoms with E-state index in [0.717, 1.165) is 0 Å². The third kappa shape index (κ3) is 2.67. The molecular weight excluding hydrogens is 263 g/mol. The molecule has 5 nitrogen and oxygen atoms in total. The predicted octanol–water partition coefficient (Wildman–Crippen LogP) is 3.19. The van der Waals surface area contributed by atoms with E-state index in [-0.39, 0.29) is 18.3 Å². The number of nitrogens with one attached hydrogen (secondary N) is 1. The first-order valence-corrected chi connectivity index (χ1v) is 5.36. The normalized spacial score (nSPS) is 9.94. The number of anilines is 2. The van der Waals surface area contributed by atoms with Gasteiger partial charge < -0.3 is 9.73 Å². The average molecular weight is 269 g/mol. The van der Waals surface area contributed by atoms with Gasteiger partial charge in [0.1, 0.15) is 6.42 Å². The number of nitriles is 1. The van der Waals surface area contributed by atoms with Crippen LogP contribution >= 0.6 is 23.2 Å². The Bertz CT molecular complexity index is 576. The van der Waals surface area contributed by atoms with Crippen LogP contribution in [0.25, 0.3) is 0 Å². The average Bonchev–Trinajstić information content (AvgIpc) is 2.73. The van der Waals surface area contributed by atoms with Gasteiger partial charge in [-0.2, -0.15) is 5.26 Å². The first-order chi connectivity index (χ1) is 8.20. The Balaban J connectivity index is 2.20. The summed E-state index contributed by atoms with van der Waals surface area (Å²) in [5, 5.41) is 19.5. The van der Waals surface area contributed by atoms with Crippen molar-refractivity contribution in [3.63, 3.8) is 0 Å². The molecule has 0 fully saturated rings. The van der Waals surface area contributed by atoms with Gasteiger partial charge in [0, 0.05) is 0 Å². The van der Waals surface area contributed by atoms with Crippen molar-refractivity contribution >= 4 is 34.9 Å². The molecule has 0 unspecified atom stereocenters. The summed E-state index contributed by atoms with van der Waals surface area (Å²) < 4.78 is 5.17. The van der Waals surface area contributed by atoms with Crippen LogP contribution in [0.1, 0.15) is 5.89 Å². The molecule has 0 aliphatic carbocycles. The highest BCUT2D eigenvalue weighted by molar-refractivity contribution is 6.43. The van der Waals surface area contributed by atoms with Crippen LogP contribution in [0.15, 0.2) is 22.6 Å². The number of hydrogen-bond acceptors (Lipinski definition) is 5. The molecule has 7 heteroatoms. The lowest BCUT2D eigenvalue weighted by molar-refractivity contribution is 0.524. The fourth-order valence-electron chi connectivity index (χ4n) is 1.16. The lowest BCUT2D eigenvalue weighted by atomic mass is 10.3. The molecule has 1 N–H and O–H groups in total. The zero-order valence-corrected chi connectivity index (χ0v) is 9.96. The summed E-state index contributed by atoms with van der Waals surface area (Å²) in [7, 11) is 0. The van der Waals surface area contributed by atoms with Crippen molar-refractivity contribution in [3.05, 3.63) is 34.1 Å². The maximum atomic E-state index is 8.46. The zero-order chi connectivity index (χ0) is 12.3. The van der Waals surface area contributed by atoms with Gasteiger partial charge in [0.05, 0.1) is 21.8 Å². The van der Waals surface area contributed by atoms with Gasteiger partial charge in [0.25, 0.3) is 0 Å². The van der Waals surface area contributed by atoms with Gasteiger partial charge in [0.2, 0.25) is 5.89 Å². The molecule has 0 saturated carbocycles. The second kappa shape index (κ2) is 5.04. The number of halogens is 2. The van der Waals surface area contributed by atoms with Crippen LogP contribution in [0.5, 0.6) is 0 Å². The van der Waals surface area contributed by atoms with Gasteiger partial charge in [-0.3, -0.25) is 0 Å². The smallest absolute Gasteiger partial charge is 0.320 e. The minimum Gasteiger partial charge on any atom is -0.407 e. The number of nitrogens with zero attached hydrogens (tertiary/aromatic N) is 3. The van der Waals surface area contributed by atoms with Crippen molar-refractivity contribution in [1.82, 2.24) is 10.2 Å². The molecular formula is C10H6Cl2N4O. The highest BCUT2D eigenvalue weighted by atomic mass is 35.5. The highest BCUT2D eigenvalue weighted by Crippen LogP contribution is 2.31. The molecule has 0 aliphatic heterocycles. The van der Waals surface area contributed by atoms with Crippen LogP contribution in [-0.2, 0) is 6.42 Å². The summed E-state index contributed by atoms with van der Waals surface area (Å²) >= 11 is 11.8. The molecule has 0 spiro atoms. The van der Waals surface area contributed by atoms with E-state index in [4.69, 9.17) is 32.9 Å². The Morgan fingerprint density at radius 2 is 2.18 bits per heavy atom. The maximum Gasteiger partial charge on any atom is 0.320 e. The Morgan fingerprint density at radius 3 is 2.94 bits per heavy atom. The molecule has 0 radical (unpaired) electrons. The first kappa shape index (κ1) is 11.7. The zero-order valence-electron chi connectivity index (χ0n) is 8.44. The lowest BCUT2D eigenvalue weighted by Crippen LogP contribution is -1.91. The van der Waals surface area contributed by atoms with Crippen LogP contribution in [-0.4, -0.2) is 10.2 Å². The van der Waals surface area contributed by atoms with Crippen LogP contribution in [0.3, 0.4) is 0 Å². The molecule has 0 saturated heterocycles. The number of aromatic nitrogens is 2. The Hall–Kier alpha value is -1.77. The summed E-state index contributed by atoms with van der Waals surface area (Å²) in [6.45, 7) is 0. The lowest BCUT2D eigenvalue weighted by Gasteiger charge is -2.04. The highest BCUT2D eigenvalue weighted by Gasteiger charge is 2.09. The predicted molar refractivity (Wildman–Crippen MR) is 63.4 cm³/mol. The largest absolute Gasteiger partial charge is 0.407 e. The summed E-state index contributed by atoms with van der Waals surface area (Å²) in [6.07, 6.45) is 0.0674. The van der Waals surface area contributed by atoms with Crippen LogP contribution in [0.4, 0.5) is 11.7 Å². The van der Waals surface area contributed by atoms with E-state index in [1.165, 1.54) is 0 Å². The molecule has 17 heavy (non-hydrogen) atoms. The molecule has 0 bridgehead atoms. The molecule has 1 heterocycles. The standard InChI is InChI=1S/C10H6Cl2N4O/c11-6-2-1-3-7(9(6)12)14-10-16-15-8(17-10)4-5-13/h1-3H,4H2,(H,14,16). The van der Waals surface area contributed by atoms with E-state index in [1.54, 1.807) is 18.2 Å². The van der Waals surface area contributed by atoms with E-state index in [2.05, 4.69) is 15.5 Å². The van der Waals surface area contributed by atoms with Crippen LogP contribution < -0.4 is 5.32 Å². The van der Waals surface area contributed by atoms with Crippen molar-refractivity contribution in [3.8, 4) is 6.07 Å². The van der Waals surface area contributed by atoms with Gasteiger partial charge in [-0.25, -0.2) is 0 Å². The minimum absolute atomic E-state index is 0.0674. The topological polar surface area (TPSA) is 74.7 Å². The minimum atomic E-state index is 0.0674. The number of benzene rings is 1. The first-order valence-electron chi connectivity index (χ1n) is 4.61. The van der Waals surface area contributed by atoms with Crippen molar-refractivity contribution < 1.29 is 4.42 Å². The molecule has 1 aromatic carbocycles. The van der Waals surface area contributed by atoms with Gasteiger partial charge >= 0.3 is 6.01 Å². The van der Waals surface area contributed by atoms with E-state index in [9.17, 15) is 0 Å². The van der Waals surface area contributed by atoms with E-state index >= 15 is 0 Å². The third-order valence-corrected chi connectivity index (χ3v) is 2.71. The summed E-state index contributed by atoms with van der Waals surface area (Å²) in [5.41, 5.74) is 0.561. The molecule has 2 rings (SSSR count). The van der Waals surface area contributed by atoms with E-state index in [0.29, 0.717) is 15.7 Å². The monoisotopic (exact) mass is 268 g/mol. The second-order valence-corrected chi connectivity index (χ2v) is 3.85. The summed E-state index contributed by atoms with van der Waals surface area (Å²) in [6, 6.07) is 7.21. The van der Waals surface area contributed by atoms with Crippen LogP contribution in [0, 0.1) is 11.3 Å². The van der Waals surface area contributed by atoms with Gasteiger partial charge in [0.15, 0.2) is 0 Å². The van der Waals surface area contributed by atoms with Crippen molar-refractivity contribution in [2.75, 3.05) is 5.32 Å². The Labute approximate surface area is 107 Å². The maximum absolute atomic E-state index is 8.46. The van der Waals surface area contributed by atoms with Gasteiger partial charge in [-0.15, -0.1) is 5.10 Å². The fourth-order valence-corrected chi connectivity index (χ4v) is 1.51. The quantitative estimate of drug-likeness (QED) is 0.926. The van der Waals surface area contributed by atoms with Gasteiger partial charge in [-0.05, 0) is 12.1 Å². The third-order valence-electron chi connectivity index (χ3n) is 1.89. The van der Waals surface area contributed by atoms with Gasteiger partial charge in [-0.1, -0.05) is 34.4 Å². The fraction of sp³-hybridized carbons (Fsp3) is 0.100. The second-order valence-electron chi connectivity index (χ2n) is 3.06.